The van der Waals surface area contributed by atoms with Gasteiger partial charge in [0.05, 0.1) is 11.5 Å². The molecule has 1 rings (SSSR count). The lowest BCUT2D eigenvalue weighted by Gasteiger charge is -2.34. The smallest absolute Gasteiger partial charge is 0.241 e. The number of likely N-dealkylation sites (N-methyl/N-ethyl adjacent to an activating group) is 1. The zero-order valence-corrected chi connectivity index (χ0v) is 12.2. The molecule has 0 aromatic heterocycles. The van der Waals surface area contributed by atoms with Gasteiger partial charge in [-0.1, -0.05) is 12.2 Å². The number of carbonyl (C=O) groups excluding carboxylic acids is 2. The number of hydrogen-bond acceptors (Lipinski definition) is 4. The first-order valence-corrected chi connectivity index (χ1v) is 6.75. The molecule has 0 radical (unpaired) electrons. The van der Waals surface area contributed by atoms with Crippen LogP contribution in [0.2, 0.25) is 0 Å². The number of thiocarbonyl (C=S) groups is 1. The van der Waals surface area contributed by atoms with Crippen molar-refractivity contribution in [3.8, 4) is 0 Å². The van der Waals surface area contributed by atoms with Crippen molar-refractivity contribution in [2.45, 2.75) is 19.8 Å². The van der Waals surface area contributed by atoms with Crippen molar-refractivity contribution in [2.24, 2.45) is 11.1 Å². The number of nitrogens with zero attached hydrogens (tertiary/aromatic N) is 1. The van der Waals surface area contributed by atoms with Gasteiger partial charge < -0.3 is 20.7 Å². The molecule has 1 aliphatic heterocycles. The van der Waals surface area contributed by atoms with Gasteiger partial charge in [0.15, 0.2) is 0 Å². The van der Waals surface area contributed by atoms with Gasteiger partial charge in [-0.3, -0.25) is 9.59 Å². The number of hydrogen-bond donors (Lipinski definition) is 2. The van der Waals surface area contributed by atoms with Gasteiger partial charge in [-0.15, -0.1) is 0 Å². The Morgan fingerprint density at radius 2 is 2.00 bits per heavy atom. The quantitative estimate of drug-likeness (QED) is 0.676. The molecule has 1 saturated heterocycles. The van der Waals surface area contributed by atoms with Crippen molar-refractivity contribution >= 4 is 29.0 Å². The zero-order valence-electron chi connectivity index (χ0n) is 11.4. The van der Waals surface area contributed by atoms with Gasteiger partial charge in [0.2, 0.25) is 11.8 Å². The van der Waals surface area contributed by atoms with E-state index in [4.69, 9.17) is 22.7 Å². The van der Waals surface area contributed by atoms with Crippen LogP contribution in [-0.4, -0.2) is 55.1 Å². The summed E-state index contributed by atoms with van der Waals surface area (Å²) >= 11 is 5.02. The van der Waals surface area contributed by atoms with E-state index in [-0.39, 0.29) is 23.3 Å². The average Bonchev–Trinajstić information content (AvgIpc) is 2.43. The molecular formula is C12H21N3O3S. The van der Waals surface area contributed by atoms with Gasteiger partial charge in [-0.25, -0.2) is 0 Å². The van der Waals surface area contributed by atoms with E-state index in [1.165, 1.54) is 4.90 Å². The Morgan fingerprint density at radius 3 is 2.47 bits per heavy atom. The SMILES string of the molecule is CCN(C)C(=O)CNC(=O)C1(C(N)=S)CCOCC1. The molecule has 0 saturated carbocycles. The molecule has 0 unspecified atom stereocenters. The third kappa shape index (κ3) is 3.63. The lowest BCUT2D eigenvalue weighted by atomic mass is 9.79. The van der Waals surface area contributed by atoms with Crippen LogP contribution in [0.1, 0.15) is 19.8 Å². The van der Waals surface area contributed by atoms with E-state index in [0.717, 1.165) is 0 Å². The highest BCUT2D eigenvalue weighted by atomic mass is 32.1. The molecule has 1 heterocycles. The number of amides is 2. The first kappa shape index (κ1) is 15.8. The fraction of sp³-hybridized carbons (Fsp3) is 0.750. The fourth-order valence-electron chi connectivity index (χ4n) is 1.94. The lowest BCUT2D eigenvalue weighted by Crippen LogP contribution is -2.53. The van der Waals surface area contributed by atoms with Gasteiger partial charge in [-0.2, -0.15) is 0 Å². The summed E-state index contributed by atoms with van der Waals surface area (Å²) in [6.45, 7) is 3.34. The van der Waals surface area contributed by atoms with E-state index in [0.29, 0.717) is 32.6 Å². The number of nitrogens with two attached hydrogens (primary N) is 1. The Kier molecular flexibility index (Phi) is 5.68. The minimum absolute atomic E-state index is 0.0333. The van der Waals surface area contributed by atoms with Crippen LogP contribution < -0.4 is 11.1 Å². The van der Waals surface area contributed by atoms with Crippen molar-refractivity contribution in [3.63, 3.8) is 0 Å². The Balaban J connectivity index is 2.64. The first-order chi connectivity index (χ1) is 8.94. The lowest BCUT2D eigenvalue weighted by molar-refractivity contribution is -0.136. The average molecular weight is 287 g/mol. The standard InChI is InChI=1S/C12H21N3O3S/c1-3-15(2)9(16)8-14-11(17)12(10(13)19)4-6-18-7-5-12/h3-8H2,1-2H3,(H2,13,19)(H,14,17). The van der Waals surface area contributed by atoms with Crippen molar-refractivity contribution in [1.29, 1.82) is 0 Å². The minimum Gasteiger partial charge on any atom is -0.392 e. The summed E-state index contributed by atoms with van der Waals surface area (Å²) in [5.41, 5.74) is 4.84. The molecule has 3 N–H and O–H groups in total. The van der Waals surface area contributed by atoms with Crippen LogP contribution in [-0.2, 0) is 14.3 Å². The minimum atomic E-state index is -0.876. The highest BCUT2D eigenvalue weighted by Gasteiger charge is 2.43. The zero-order chi connectivity index (χ0) is 14.5. The summed E-state index contributed by atoms with van der Waals surface area (Å²) < 4.78 is 5.24. The van der Waals surface area contributed by atoms with E-state index < -0.39 is 5.41 Å². The molecule has 0 aromatic carbocycles. The number of rotatable bonds is 5. The van der Waals surface area contributed by atoms with Gasteiger partial charge in [-0.05, 0) is 19.8 Å². The molecule has 0 atom stereocenters. The van der Waals surface area contributed by atoms with Crippen molar-refractivity contribution in [3.05, 3.63) is 0 Å². The van der Waals surface area contributed by atoms with Crippen molar-refractivity contribution in [2.75, 3.05) is 33.4 Å². The van der Waals surface area contributed by atoms with Crippen LogP contribution in [0.15, 0.2) is 0 Å². The summed E-state index contributed by atoms with van der Waals surface area (Å²) in [4.78, 5) is 25.6. The molecule has 2 amide bonds. The normalized spacial score (nSPS) is 17.6. The number of ether oxygens (including phenoxy) is 1. The predicted octanol–water partition coefficient (Wildman–Crippen LogP) is -0.336. The third-order valence-corrected chi connectivity index (χ3v) is 3.94. The summed E-state index contributed by atoms with van der Waals surface area (Å²) in [7, 11) is 1.69. The number of nitrogens with one attached hydrogen (secondary N) is 1. The highest BCUT2D eigenvalue weighted by Crippen LogP contribution is 2.31. The largest absolute Gasteiger partial charge is 0.392 e. The Bertz CT molecular complexity index is 367. The summed E-state index contributed by atoms with van der Waals surface area (Å²) in [5, 5.41) is 2.64. The van der Waals surface area contributed by atoms with Crippen LogP contribution in [0, 0.1) is 5.41 Å². The van der Waals surface area contributed by atoms with Crippen LogP contribution in [0.25, 0.3) is 0 Å². The molecule has 0 spiro atoms. The second-order valence-corrected chi connectivity index (χ2v) is 5.09. The van der Waals surface area contributed by atoms with Gasteiger partial charge in [0, 0.05) is 26.8 Å². The maximum Gasteiger partial charge on any atom is 0.241 e. The summed E-state index contributed by atoms with van der Waals surface area (Å²) in [6, 6.07) is 0. The highest BCUT2D eigenvalue weighted by molar-refractivity contribution is 7.80. The molecule has 6 nitrogen and oxygen atoms in total. The van der Waals surface area contributed by atoms with Crippen LogP contribution in [0.4, 0.5) is 0 Å². The van der Waals surface area contributed by atoms with Crippen molar-refractivity contribution in [1.82, 2.24) is 10.2 Å². The number of carbonyl (C=O) groups is 2. The molecule has 19 heavy (non-hydrogen) atoms. The van der Waals surface area contributed by atoms with Gasteiger partial charge in [0.1, 0.15) is 5.41 Å². The topological polar surface area (TPSA) is 84.7 Å². The van der Waals surface area contributed by atoms with E-state index in [9.17, 15) is 9.59 Å². The molecule has 1 fully saturated rings. The summed E-state index contributed by atoms with van der Waals surface area (Å²) in [5.74, 6) is -0.415. The molecule has 7 heteroatoms. The first-order valence-electron chi connectivity index (χ1n) is 6.34. The Hall–Kier alpha value is -1.21. The molecular weight excluding hydrogens is 266 g/mol. The van der Waals surface area contributed by atoms with Crippen LogP contribution in [0.3, 0.4) is 0 Å². The maximum absolute atomic E-state index is 12.3. The summed E-state index contributed by atoms with van der Waals surface area (Å²) in [6.07, 6.45) is 0.929. The van der Waals surface area contributed by atoms with Crippen molar-refractivity contribution < 1.29 is 14.3 Å². The third-order valence-electron chi connectivity index (χ3n) is 3.55. The Morgan fingerprint density at radius 1 is 1.42 bits per heavy atom. The molecule has 0 aromatic rings. The van der Waals surface area contributed by atoms with E-state index in [2.05, 4.69) is 5.32 Å². The predicted molar refractivity (Wildman–Crippen MR) is 75.6 cm³/mol. The van der Waals surface area contributed by atoms with Crippen LogP contribution in [0.5, 0.6) is 0 Å². The van der Waals surface area contributed by atoms with E-state index in [1.54, 1.807) is 7.05 Å². The van der Waals surface area contributed by atoms with Crippen LogP contribution >= 0.6 is 12.2 Å². The Labute approximate surface area is 118 Å². The second kappa shape index (κ2) is 6.81. The van der Waals surface area contributed by atoms with Gasteiger partial charge >= 0.3 is 0 Å². The van der Waals surface area contributed by atoms with E-state index in [1.807, 2.05) is 6.92 Å². The molecule has 0 bridgehead atoms. The maximum atomic E-state index is 12.3. The molecule has 1 aliphatic rings. The molecule has 0 aliphatic carbocycles. The second-order valence-electron chi connectivity index (χ2n) is 4.65. The van der Waals surface area contributed by atoms with E-state index >= 15 is 0 Å². The molecule has 108 valence electrons. The van der Waals surface area contributed by atoms with Gasteiger partial charge in [0.25, 0.3) is 0 Å². The fourth-order valence-corrected chi connectivity index (χ4v) is 2.24. The monoisotopic (exact) mass is 287 g/mol.